The van der Waals surface area contributed by atoms with E-state index in [1.807, 2.05) is 0 Å². The molecule has 0 amide bonds. The zero-order chi connectivity index (χ0) is 10.3. The van der Waals surface area contributed by atoms with Crippen LogP contribution in [0.3, 0.4) is 0 Å². The van der Waals surface area contributed by atoms with Crippen LogP contribution in [0.5, 0.6) is 0 Å². The predicted molar refractivity (Wildman–Crippen MR) is 64.5 cm³/mol. The van der Waals surface area contributed by atoms with Gasteiger partial charge in [-0.1, -0.05) is 36.4 Å². The Morgan fingerprint density at radius 3 is 2.80 bits per heavy atom. The first-order valence-electron chi connectivity index (χ1n) is 6.04. The molecule has 1 atom stereocenters. The molecule has 0 nitrogen and oxygen atoms in total. The average molecular weight is 199 g/mol. The van der Waals surface area contributed by atoms with E-state index in [9.17, 15) is 0 Å². The molecule has 0 aromatic heterocycles. The van der Waals surface area contributed by atoms with Gasteiger partial charge in [0.25, 0.3) is 0 Å². The monoisotopic (exact) mass is 199 g/mol. The molecule has 1 aromatic carbocycles. The minimum atomic E-state index is 0.926. The lowest BCUT2D eigenvalue weighted by atomic mass is 9.89. The van der Waals surface area contributed by atoms with Crippen molar-refractivity contribution in [2.75, 3.05) is 0 Å². The topological polar surface area (TPSA) is 0 Å². The second-order valence-corrected chi connectivity index (χ2v) is 4.43. The molecule has 0 bridgehead atoms. The molecule has 1 aromatic rings. The highest BCUT2D eigenvalue weighted by molar-refractivity contribution is 5.14. The molecule has 0 heteroatoms. The quantitative estimate of drug-likeness (QED) is 0.682. The molecule has 0 N–H and O–H groups in total. The molecular weight excluding hydrogens is 180 g/mol. The van der Waals surface area contributed by atoms with Gasteiger partial charge in [0.1, 0.15) is 0 Å². The fraction of sp³-hybridized carbons (Fsp3) is 0.467. The molecule has 1 radical (unpaired) electrons. The maximum Gasteiger partial charge on any atom is -0.0277 e. The molecule has 1 aliphatic rings. The number of hydrogen-bond acceptors (Lipinski definition) is 0. The maximum absolute atomic E-state index is 3.30. The second kappa shape index (κ2) is 5.75. The summed E-state index contributed by atoms with van der Waals surface area (Å²) in [5.41, 5.74) is 1.48. The Morgan fingerprint density at radius 2 is 2.07 bits per heavy atom. The highest BCUT2D eigenvalue weighted by atomic mass is 14.1. The van der Waals surface area contributed by atoms with Crippen LogP contribution in [-0.2, 0) is 6.42 Å². The van der Waals surface area contributed by atoms with Crippen molar-refractivity contribution < 1.29 is 0 Å². The van der Waals surface area contributed by atoms with Crippen LogP contribution >= 0.6 is 0 Å². The maximum atomic E-state index is 3.30. The van der Waals surface area contributed by atoms with Crippen molar-refractivity contribution in [2.45, 2.75) is 38.5 Å². The molecule has 0 saturated carbocycles. The summed E-state index contributed by atoms with van der Waals surface area (Å²) in [4.78, 5) is 0. The molecule has 0 heterocycles. The van der Waals surface area contributed by atoms with Crippen LogP contribution < -0.4 is 0 Å². The van der Waals surface area contributed by atoms with Crippen molar-refractivity contribution in [3.8, 4) is 0 Å². The normalized spacial score (nSPS) is 20.4. The highest BCUT2D eigenvalue weighted by Gasteiger charge is 2.09. The van der Waals surface area contributed by atoms with Crippen molar-refractivity contribution in [3.63, 3.8) is 0 Å². The van der Waals surface area contributed by atoms with Crippen molar-refractivity contribution in [1.29, 1.82) is 0 Å². The van der Waals surface area contributed by atoms with Crippen molar-refractivity contribution >= 4 is 0 Å². The summed E-state index contributed by atoms with van der Waals surface area (Å²) in [6.07, 6.45) is 13.3. The number of benzene rings is 1. The van der Waals surface area contributed by atoms with Crippen LogP contribution in [0.4, 0.5) is 0 Å². The Morgan fingerprint density at radius 1 is 1.20 bits per heavy atom. The van der Waals surface area contributed by atoms with E-state index in [0.717, 1.165) is 5.92 Å². The largest absolute Gasteiger partial charge is 0.0808 e. The Bertz CT molecular complexity index is 297. The van der Waals surface area contributed by atoms with Crippen LogP contribution in [0.15, 0.2) is 36.4 Å². The molecule has 2 rings (SSSR count). The minimum absolute atomic E-state index is 0.926. The van der Waals surface area contributed by atoms with E-state index in [4.69, 9.17) is 0 Å². The van der Waals surface area contributed by atoms with Crippen molar-refractivity contribution in [3.05, 3.63) is 48.0 Å². The molecule has 15 heavy (non-hydrogen) atoms. The minimum Gasteiger partial charge on any atom is -0.0808 e. The van der Waals surface area contributed by atoms with Crippen molar-refractivity contribution in [2.24, 2.45) is 5.92 Å². The van der Waals surface area contributed by atoms with Gasteiger partial charge in [-0.2, -0.15) is 0 Å². The van der Waals surface area contributed by atoms with Gasteiger partial charge in [-0.15, -0.1) is 0 Å². The molecule has 79 valence electrons. The lowest BCUT2D eigenvalue weighted by Crippen LogP contribution is -2.03. The third kappa shape index (κ3) is 3.54. The molecule has 0 aliphatic heterocycles. The molecule has 1 aliphatic carbocycles. The lowest BCUT2D eigenvalue weighted by Gasteiger charge is -2.16. The fourth-order valence-corrected chi connectivity index (χ4v) is 2.26. The van der Waals surface area contributed by atoms with E-state index in [1.165, 1.54) is 44.1 Å². The third-order valence-corrected chi connectivity index (χ3v) is 3.21. The summed E-state index contributed by atoms with van der Waals surface area (Å²) < 4.78 is 0. The summed E-state index contributed by atoms with van der Waals surface area (Å²) in [5.74, 6) is 0.926. The Kier molecular flexibility index (Phi) is 4.01. The average Bonchev–Trinajstić information content (AvgIpc) is 2.32. The van der Waals surface area contributed by atoms with Gasteiger partial charge in [-0.05, 0) is 56.1 Å². The Labute approximate surface area is 93.0 Å². The van der Waals surface area contributed by atoms with E-state index < -0.39 is 0 Å². The van der Waals surface area contributed by atoms with Gasteiger partial charge in [0.2, 0.25) is 0 Å². The van der Waals surface area contributed by atoms with Gasteiger partial charge < -0.3 is 0 Å². The molecular formula is C15H19. The molecule has 0 saturated heterocycles. The van der Waals surface area contributed by atoms with Gasteiger partial charge >= 0.3 is 0 Å². The van der Waals surface area contributed by atoms with Gasteiger partial charge in [0.05, 0.1) is 0 Å². The van der Waals surface area contributed by atoms with Gasteiger partial charge in [0.15, 0.2) is 0 Å². The van der Waals surface area contributed by atoms with Gasteiger partial charge in [0, 0.05) is 0 Å². The molecule has 0 fully saturated rings. The standard InChI is InChI=1S/C15H19/c1-3-8-14(9-4-1)12-7-13-15-10-5-2-6-11-15/h1,3-5,8-9,15H,6-7,10-13H2. The summed E-state index contributed by atoms with van der Waals surface area (Å²) in [7, 11) is 0. The number of aryl methyl sites for hydroxylation is 1. The van der Waals surface area contributed by atoms with Crippen LogP contribution in [0.25, 0.3) is 0 Å². The summed E-state index contributed by atoms with van der Waals surface area (Å²) in [6, 6.07) is 10.8. The first-order valence-corrected chi connectivity index (χ1v) is 6.04. The summed E-state index contributed by atoms with van der Waals surface area (Å²) in [6.45, 7) is 0. The van der Waals surface area contributed by atoms with Crippen LogP contribution in [-0.4, -0.2) is 0 Å². The predicted octanol–water partition coefficient (Wildman–Crippen LogP) is 4.17. The van der Waals surface area contributed by atoms with E-state index in [2.05, 4.69) is 42.5 Å². The van der Waals surface area contributed by atoms with Gasteiger partial charge in [-0.3, -0.25) is 0 Å². The zero-order valence-electron chi connectivity index (χ0n) is 9.28. The van der Waals surface area contributed by atoms with Crippen LogP contribution in [0.1, 0.15) is 37.7 Å². The van der Waals surface area contributed by atoms with E-state index in [-0.39, 0.29) is 0 Å². The van der Waals surface area contributed by atoms with E-state index >= 15 is 0 Å². The Balaban J connectivity index is 1.68. The number of allylic oxidation sites excluding steroid dienone is 2. The first kappa shape index (κ1) is 10.5. The smallest absolute Gasteiger partial charge is 0.0277 e. The zero-order valence-corrected chi connectivity index (χ0v) is 9.28. The SMILES string of the molecule is [C]1=CCC(CCCc2ccccc2)CC1. The Hall–Kier alpha value is -1.04. The lowest BCUT2D eigenvalue weighted by molar-refractivity contribution is 0.428. The highest BCUT2D eigenvalue weighted by Crippen LogP contribution is 2.23. The number of rotatable bonds is 4. The molecule has 1 unspecified atom stereocenters. The fourth-order valence-electron chi connectivity index (χ4n) is 2.26. The van der Waals surface area contributed by atoms with E-state index in [1.54, 1.807) is 0 Å². The van der Waals surface area contributed by atoms with Crippen molar-refractivity contribution in [1.82, 2.24) is 0 Å². The first-order chi connectivity index (χ1) is 7.45. The van der Waals surface area contributed by atoms with Crippen LogP contribution in [0.2, 0.25) is 0 Å². The second-order valence-electron chi connectivity index (χ2n) is 4.43. The third-order valence-electron chi connectivity index (χ3n) is 3.21. The summed E-state index contributed by atoms with van der Waals surface area (Å²) in [5, 5.41) is 0. The van der Waals surface area contributed by atoms with Crippen LogP contribution in [0, 0.1) is 12.0 Å². The summed E-state index contributed by atoms with van der Waals surface area (Å²) >= 11 is 0. The molecule has 0 spiro atoms. The van der Waals surface area contributed by atoms with Gasteiger partial charge in [-0.25, -0.2) is 0 Å². The van der Waals surface area contributed by atoms with E-state index in [0.29, 0.717) is 0 Å². The number of hydrogen-bond donors (Lipinski definition) is 0.